The maximum atomic E-state index is 13.7. The van der Waals surface area contributed by atoms with Crippen molar-refractivity contribution in [3.05, 3.63) is 175 Å². The standard InChI is InChI=1S/C44H48O4/c1-27-15-28(2)20-36(19-27)43(45,37-21-29(3)16-30(4)22-37)40-41(48-42(9,47-40)35-13-11-10-12-14-35)44(46,38-23-31(5)17-32(6)24-38)39-25-33(7)18-34(8)26-39/h10-26,40-41,45-46H,1-9H3/t40-,41-/m1/s1. The summed E-state index contributed by atoms with van der Waals surface area (Å²) in [6.07, 6.45) is -2.12. The highest BCUT2D eigenvalue weighted by Gasteiger charge is 2.63. The summed E-state index contributed by atoms with van der Waals surface area (Å²) >= 11 is 0. The van der Waals surface area contributed by atoms with Crippen molar-refractivity contribution in [3.8, 4) is 0 Å². The smallest absolute Gasteiger partial charge is 0.193 e. The highest BCUT2D eigenvalue weighted by atomic mass is 16.8. The van der Waals surface area contributed by atoms with Gasteiger partial charge in [-0.2, -0.15) is 0 Å². The van der Waals surface area contributed by atoms with E-state index in [9.17, 15) is 10.2 Å². The number of hydrogen-bond donors (Lipinski definition) is 2. The molecule has 48 heavy (non-hydrogen) atoms. The third-order valence-electron chi connectivity index (χ3n) is 9.75. The molecule has 1 aliphatic heterocycles. The summed E-state index contributed by atoms with van der Waals surface area (Å²) in [6, 6.07) is 34.4. The molecule has 0 unspecified atom stereocenters. The lowest BCUT2D eigenvalue weighted by atomic mass is 9.70. The average molecular weight is 641 g/mol. The van der Waals surface area contributed by atoms with E-state index >= 15 is 0 Å². The summed E-state index contributed by atoms with van der Waals surface area (Å²) in [7, 11) is 0. The molecule has 0 spiro atoms. The molecular formula is C44H48O4. The summed E-state index contributed by atoms with van der Waals surface area (Å²) in [6.45, 7) is 18.2. The largest absolute Gasteiger partial charge is 0.378 e. The second-order valence-electron chi connectivity index (χ2n) is 14.4. The Morgan fingerprint density at radius 2 is 0.688 bits per heavy atom. The van der Waals surface area contributed by atoms with Crippen LogP contribution in [0, 0.1) is 55.4 Å². The lowest BCUT2D eigenvalue weighted by molar-refractivity contribution is -0.193. The monoisotopic (exact) mass is 640 g/mol. The van der Waals surface area contributed by atoms with Crippen molar-refractivity contribution in [3.63, 3.8) is 0 Å². The predicted molar refractivity (Wildman–Crippen MR) is 193 cm³/mol. The molecule has 2 atom stereocenters. The van der Waals surface area contributed by atoms with Gasteiger partial charge >= 0.3 is 0 Å². The van der Waals surface area contributed by atoms with E-state index in [4.69, 9.17) is 9.47 Å². The number of hydrogen-bond acceptors (Lipinski definition) is 4. The van der Waals surface area contributed by atoms with Crippen molar-refractivity contribution in [1.82, 2.24) is 0 Å². The molecule has 6 rings (SSSR count). The first-order valence-corrected chi connectivity index (χ1v) is 16.8. The van der Waals surface area contributed by atoms with Crippen LogP contribution in [0.5, 0.6) is 0 Å². The zero-order valence-electron chi connectivity index (χ0n) is 29.7. The van der Waals surface area contributed by atoms with Gasteiger partial charge in [-0.3, -0.25) is 0 Å². The summed E-state index contributed by atoms with van der Waals surface area (Å²) < 4.78 is 14.3. The molecule has 0 saturated carbocycles. The van der Waals surface area contributed by atoms with Crippen molar-refractivity contribution in [2.75, 3.05) is 0 Å². The van der Waals surface area contributed by atoms with Crippen LogP contribution in [0.25, 0.3) is 0 Å². The Morgan fingerprint density at radius 3 is 0.938 bits per heavy atom. The van der Waals surface area contributed by atoms with Crippen LogP contribution in [0.2, 0.25) is 0 Å². The SMILES string of the molecule is Cc1cc(C)cc(C(O)(c2cc(C)cc(C)c2)[C@@H]2OC(C)(c3ccccc3)O[C@H]2C(O)(c2cc(C)cc(C)c2)c2cc(C)cc(C)c2)c1. The fraction of sp³-hybridized carbons (Fsp3) is 0.318. The van der Waals surface area contributed by atoms with Gasteiger partial charge in [0.15, 0.2) is 5.79 Å². The average Bonchev–Trinajstić information content (AvgIpc) is 3.38. The van der Waals surface area contributed by atoms with Gasteiger partial charge in [0, 0.05) is 5.56 Å². The molecule has 248 valence electrons. The van der Waals surface area contributed by atoms with Crippen molar-refractivity contribution in [1.29, 1.82) is 0 Å². The Morgan fingerprint density at radius 1 is 0.438 bits per heavy atom. The Bertz CT molecular complexity index is 1670. The second kappa shape index (κ2) is 12.4. The van der Waals surface area contributed by atoms with Crippen molar-refractivity contribution < 1.29 is 19.7 Å². The Balaban J connectivity index is 1.72. The molecule has 5 aromatic carbocycles. The topological polar surface area (TPSA) is 58.9 Å². The van der Waals surface area contributed by atoms with Crippen LogP contribution >= 0.6 is 0 Å². The normalized spacial score (nSPS) is 17.9. The fourth-order valence-corrected chi connectivity index (χ4v) is 7.89. The van der Waals surface area contributed by atoms with Gasteiger partial charge in [-0.1, -0.05) is 148 Å². The number of aliphatic hydroxyl groups is 2. The third kappa shape index (κ3) is 6.03. The molecule has 0 radical (unpaired) electrons. The van der Waals surface area contributed by atoms with E-state index in [2.05, 4.69) is 24.3 Å². The van der Waals surface area contributed by atoms with Gasteiger partial charge in [-0.15, -0.1) is 0 Å². The molecule has 5 aromatic rings. The molecule has 0 bridgehead atoms. The van der Waals surface area contributed by atoms with Gasteiger partial charge in [0.25, 0.3) is 0 Å². The quantitative estimate of drug-likeness (QED) is 0.186. The van der Waals surface area contributed by atoms with Crippen molar-refractivity contribution in [2.45, 2.75) is 91.5 Å². The number of aryl methyl sites for hydroxylation is 8. The highest BCUT2D eigenvalue weighted by Crippen LogP contribution is 2.53. The molecule has 2 N–H and O–H groups in total. The Kier molecular flexibility index (Phi) is 8.76. The van der Waals surface area contributed by atoms with Crippen LogP contribution in [0.1, 0.15) is 79.2 Å². The van der Waals surface area contributed by atoms with E-state index in [0.29, 0.717) is 22.3 Å². The maximum absolute atomic E-state index is 13.7. The minimum atomic E-state index is -1.73. The minimum absolute atomic E-state index is 0.684. The van der Waals surface area contributed by atoms with E-state index in [0.717, 1.165) is 50.1 Å². The fourth-order valence-electron chi connectivity index (χ4n) is 7.89. The molecular weight excluding hydrogens is 592 g/mol. The molecule has 1 heterocycles. The van der Waals surface area contributed by atoms with Crippen LogP contribution in [0.3, 0.4) is 0 Å². The zero-order valence-corrected chi connectivity index (χ0v) is 29.7. The minimum Gasteiger partial charge on any atom is -0.378 e. The van der Waals surface area contributed by atoms with Crippen molar-refractivity contribution >= 4 is 0 Å². The lowest BCUT2D eigenvalue weighted by Gasteiger charge is -2.43. The summed E-state index contributed by atoms with van der Waals surface area (Å²) in [4.78, 5) is 0. The molecule has 1 saturated heterocycles. The van der Waals surface area contributed by atoms with E-state index in [-0.39, 0.29) is 0 Å². The van der Waals surface area contributed by atoms with Gasteiger partial charge in [0.1, 0.15) is 23.4 Å². The van der Waals surface area contributed by atoms with E-state index in [1.54, 1.807) is 0 Å². The van der Waals surface area contributed by atoms with E-state index in [1.165, 1.54) is 0 Å². The lowest BCUT2D eigenvalue weighted by Crippen LogP contribution is -2.55. The van der Waals surface area contributed by atoms with Gasteiger partial charge < -0.3 is 19.7 Å². The number of rotatable bonds is 7. The van der Waals surface area contributed by atoms with E-state index < -0.39 is 29.2 Å². The predicted octanol–water partition coefficient (Wildman–Crippen LogP) is 8.98. The molecule has 0 aliphatic carbocycles. The van der Waals surface area contributed by atoms with Gasteiger partial charge in [0.2, 0.25) is 0 Å². The first kappa shape index (κ1) is 33.8. The highest BCUT2D eigenvalue weighted by molar-refractivity contribution is 5.49. The Labute approximate surface area is 286 Å². The van der Waals surface area contributed by atoms with E-state index in [1.807, 2.05) is 141 Å². The van der Waals surface area contributed by atoms with Crippen LogP contribution in [-0.4, -0.2) is 22.4 Å². The van der Waals surface area contributed by atoms with Crippen LogP contribution < -0.4 is 0 Å². The molecule has 1 fully saturated rings. The third-order valence-corrected chi connectivity index (χ3v) is 9.75. The van der Waals surface area contributed by atoms with Gasteiger partial charge in [0.05, 0.1) is 0 Å². The number of benzene rings is 5. The van der Waals surface area contributed by atoms with Crippen LogP contribution in [-0.2, 0) is 26.5 Å². The molecule has 4 nitrogen and oxygen atoms in total. The Hall–Kier alpha value is -4.06. The summed E-state index contributed by atoms with van der Waals surface area (Å²) in [5, 5.41) is 27.3. The molecule has 0 amide bonds. The molecule has 0 aromatic heterocycles. The molecule has 4 heteroatoms. The zero-order chi connectivity index (χ0) is 34.6. The van der Waals surface area contributed by atoms with Crippen molar-refractivity contribution in [2.24, 2.45) is 0 Å². The molecule has 1 aliphatic rings. The number of ether oxygens (including phenoxy) is 2. The van der Waals surface area contributed by atoms with Crippen LogP contribution in [0.15, 0.2) is 103 Å². The van der Waals surface area contributed by atoms with Gasteiger partial charge in [-0.05, 0) is 84.6 Å². The maximum Gasteiger partial charge on any atom is 0.193 e. The van der Waals surface area contributed by atoms with Crippen LogP contribution in [0.4, 0.5) is 0 Å². The van der Waals surface area contributed by atoms with Gasteiger partial charge in [-0.25, -0.2) is 0 Å². The first-order valence-electron chi connectivity index (χ1n) is 16.8. The summed E-state index contributed by atoms with van der Waals surface area (Å²) in [5.74, 6) is -1.30. The summed E-state index contributed by atoms with van der Waals surface area (Å²) in [5.41, 5.74) is 8.25. The second-order valence-corrected chi connectivity index (χ2v) is 14.4. The first-order chi connectivity index (χ1) is 22.6.